The van der Waals surface area contributed by atoms with Crippen molar-refractivity contribution in [1.82, 2.24) is 4.98 Å². The van der Waals surface area contributed by atoms with Gasteiger partial charge in [-0.15, -0.1) is 0 Å². The smallest absolute Gasteiger partial charge is 0.339 e. The van der Waals surface area contributed by atoms with Gasteiger partial charge < -0.3 is 10.1 Å². The first-order chi connectivity index (χ1) is 11.1. The number of nitrogens with one attached hydrogen (secondary N) is 1. The summed E-state index contributed by atoms with van der Waals surface area (Å²) in [5, 5.41) is 14.0. The lowest BCUT2D eigenvalue weighted by Gasteiger charge is -2.05. The highest BCUT2D eigenvalue weighted by molar-refractivity contribution is 5.90. The zero-order chi connectivity index (χ0) is 16.7. The predicted molar refractivity (Wildman–Crippen MR) is 86.2 cm³/mol. The van der Waals surface area contributed by atoms with Crippen LogP contribution in [0.25, 0.3) is 6.08 Å². The van der Waals surface area contributed by atoms with Crippen molar-refractivity contribution in [3.63, 3.8) is 0 Å². The number of anilines is 1. The SMILES string of the molecule is COC(=O)c1cnc(NC/C=C/c2ccccc2)c([N+](=O)[O-])c1. The lowest BCUT2D eigenvalue weighted by Crippen LogP contribution is -2.08. The number of benzene rings is 1. The van der Waals surface area contributed by atoms with Gasteiger partial charge in [0.2, 0.25) is 5.82 Å². The number of nitrogens with zero attached hydrogens (tertiary/aromatic N) is 2. The van der Waals surface area contributed by atoms with Gasteiger partial charge in [-0.05, 0) is 5.56 Å². The molecule has 0 aliphatic heterocycles. The van der Waals surface area contributed by atoms with E-state index in [9.17, 15) is 14.9 Å². The van der Waals surface area contributed by atoms with Crippen molar-refractivity contribution < 1.29 is 14.5 Å². The van der Waals surface area contributed by atoms with Gasteiger partial charge in [-0.25, -0.2) is 9.78 Å². The largest absolute Gasteiger partial charge is 0.465 e. The predicted octanol–water partition coefficient (Wildman–Crippen LogP) is 2.90. The maximum Gasteiger partial charge on any atom is 0.339 e. The van der Waals surface area contributed by atoms with E-state index in [0.29, 0.717) is 6.54 Å². The van der Waals surface area contributed by atoms with E-state index in [1.165, 1.54) is 13.3 Å². The molecule has 7 nitrogen and oxygen atoms in total. The molecule has 0 aliphatic rings. The number of nitro groups is 1. The number of carbonyl (C=O) groups is 1. The molecule has 0 atom stereocenters. The Morgan fingerprint density at radius 2 is 2.13 bits per heavy atom. The lowest BCUT2D eigenvalue weighted by atomic mass is 10.2. The molecule has 0 radical (unpaired) electrons. The van der Waals surface area contributed by atoms with E-state index in [4.69, 9.17) is 0 Å². The zero-order valence-corrected chi connectivity index (χ0v) is 12.4. The first-order valence-electron chi connectivity index (χ1n) is 6.80. The molecule has 0 aliphatic carbocycles. The Hall–Kier alpha value is -3.22. The van der Waals surface area contributed by atoms with Crippen molar-refractivity contribution in [3.05, 3.63) is 69.9 Å². The van der Waals surface area contributed by atoms with Crippen molar-refractivity contribution in [2.75, 3.05) is 19.0 Å². The van der Waals surface area contributed by atoms with E-state index in [1.54, 1.807) is 0 Å². The van der Waals surface area contributed by atoms with Gasteiger partial charge in [0, 0.05) is 18.8 Å². The van der Waals surface area contributed by atoms with Gasteiger partial charge in [0.05, 0.1) is 17.6 Å². The number of methoxy groups -OCH3 is 1. The molecular weight excluding hydrogens is 298 g/mol. The fourth-order valence-electron chi connectivity index (χ4n) is 1.87. The van der Waals surface area contributed by atoms with Crippen LogP contribution in [0.2, 0.25) is 0 Å². The summed E-state index contributed by atoms with van der Waals surface area (Å²) in [5.74, 6) is -0.573. The standard InChI is InChI=1S/C16H15N3O4/c1-23-16(20)13-10-14(19(21)22)15(18-11-13)17-9-5-8-12-6-3-2-4-7-12/h2-8,10-11H,9H2,1H3,(H,17,18)/b8-5+. The number of carbonyl (C=O) groups excluding carboxylic acids is 1. The maximum atomic E-state index is 11.4. The summed E-state index contributed by atoms with van der Waals surface area (Å²) >= 11 is 0. The van der Waals surface area contributed by atoms with Crippen LogP contribution >= 0.6 is 0 Å². The number of esters is 1. The third kappa shape index (κ3) is 4.37. The number of rotatable bonds is 6. The van der Waals surface area contributed by atoms with Gasteiger partial charge in [0.15, 0.2) is 0 Å². The molecule has 1 N–H and O–H groups in total. The van der Waals surface area contributed by atoms with Crippen LogP contribution < -0.4 is 5.32 Å². The van der Waals surface area contributed by atoms with E-state index in [2.05, 4.69) is 15.0 Å². The number of aromatic nitrogens is 1. The lowest BCUT2D eigenvalue weighted by molar-refractivity contribution is -0.384. The quantitative estimate of drug-likeness (QED) is 0.500. The first-order valence-corrected chi connectivity index (χ1v) is 6.80. The second-order valence-corrected chi connectivity index (χ2v) is 4.53. The summed E-state index contributed by atoms with van der Waals surface area (Å²) in [6, 6.07) is 10.8. The van der Waals surface area contributed by atoms with Crippen molar-refractivity contribution in [1.29, 1.82) is 0 Å². The average molecular weight is 313 g/mol. The minimum Gasteiger partial charge on any atom is -0.465 e. The third-order valence-electron chi connectivity index (χ3n) is 2.98. The second kappa shape index (κ2) is 7.69. The number of pyridine rings is 1. The van der Waals surface area contributed by atoms with Crippen LogP contribution in [0.3, 0.4) is 0 Å². The molecule has 0 saturated carbocycles. The molecule has 7 heteroatoms. The summed E-state index contributed by atoms with van der Waals surface area (Å²) in [4.78, 5) is 25.8. The number of ether oxygens (including phenoxy) is 1. The van der Waals surface area contributed by atoms with Gasteiger partial charge >= 0.3 is 11.7 Å². The Morgan fingerprint density at radius 1 is 1.39 bits per heavy atom. The highest BCUT2D eigenvalue weighted by Crippen LogP contribution is 2.23. The molecule has 118 valence electrons. The van der Waals surface area contributed by atoms with E-state index in [0.717, 1.165) is 11.6 Å². The first kappa shape index (κ1) is 16.2. The van der Waals surface area contributed by atoms with Gasteiger partial charge in [-0.1, -0.05) is 42.5 Å². The van der Waals surface area contributed by atoms with Crippen molar-refractivity contribution in [3.8, 4) is 0 Å². The third-order valence-corrected chi connectivity index (χ3v) is 2.98. The van der Waals surface area contributed by atoms with E-state index in [-0.39, 0.29) is 17.1 Å². The molecule has 2 rings (SSSR count). The minimum atomic E-state index is -0.670. The van der Waals surface area contributed by atoms with Crippen LogP contribution in [0, 0.1) is 10.1 Å². The monoisotopic (exact) mass is 313 g/mol. The van der Waals surface area contributed by atoms with Crippen molar-refractivity contribution in [2.45, 2.75) is 0 Å². The maximum absolute atomic E-state index is 11.4. The summed E-state index contributed by atoms with van der Waals surface area (Å²) < 4.78 is 4.53. The van der Waals surface area contributed by atoms with E-state index < -0.39 is 10.9 Å². The van der Waals surface area contributed by atoms with Gasteiger partial charge in [0.1, 0.15) is 0 Å². The molecule has 0 spiro atoms. The van der Waals surface area contributed by atoms with Gasteiger partial charge in [0.25, 0.3) is 0 Å². The van der Waals surface area contributed by atoms with Crippen LogP contribution in [0.15, 0.2) is 48.7 Å². The average Bonchev–Trinajstić information content (AvgIpc) is 2.58. The Bertz CT molecular complexity index is 729. The summed E-state index contributed by atoms with van der Waals surface area (Å²) in [7, 11) is 1.20. The molecule has 0 unspecified atom stereocenters. The molecular formula is C16H15N3O4. The molecule has 0 fully saturated rings. The molecule has 1 aromatic carbocycles. The fraction of sp³-hybridized carbons (Fsp3) is 0.125. The summed E-state index contributed by atoms with van der Waals surface area (Å²) in [6.07, 6.45) is 4.96. The molecule has 0 bridgehead atoms. The fourth-order valence-corrected chi connectivity index (χ4v) is 1.87. The molecule has 0 saturated heterocycles. The highest BCUT2D eigenvalue weighted by Gasteiger charge is 2.18. The summed E-state index contributed by atoms with van der Waals surface area (Å²) in [5.41, 5.74) is 0.781. The van der Waals surface area contributed by atoms with Crippen LogP contribution in [-0.2, 0) is 4.74 Å². The zero-order valence-electron chi connectivity index (χ0n) is 12.4. The Balaban J connectivity index is 2.08. The topological polar surface area (TPSA) is 94.4 Å². The Labute approximate surface area is 132 Å². The van der Waals surface area contributed by atoms with Crippen LogP contribution in [0.5, 0.6) is 0 Å². The van der Waals surface area contributed by atoms with E-state index >= 15 is 0 Å². The van der Waals surface area contributed by atoms with Crippen LogP contribution in [0.4, 0.5) is 11.5 Å². The van der Waals surface area contributed by atoms with Gasteiger partial charge in [-0.3, -0.25) is 10.1 Å². The van der Waals surface area contributed by atoms with Crippen molar-refractivity contribution >= 4 is 23.6 Å². The minimum absolute atomic E-state index is 0.0320. The Morgan fingerprint density at radius 3 is 2.78 bits per heavy atom. The molecule has 1 heterocycles. The van der Waals surface area contributed by atoms with Crippen LogP contribution in [0.1, 0.15) is 15.9 Å². The number of hydrogen-bond donors (Lipinski definition) is 1. The van der Waals surface area contributed by atoms with Crippen molar-refractivity contribution in [2.24, 2.45) is 0 Å². The normalized spacial score (nSPS) is 10.5. The van der Waals surface area contributed by atoms with Gasteiger partial charge in [-0.2, -0.15) is 0 Å². The van der Waals surface area contributed by atoms with E-state index in [1.807, 2.05) is 42.5 Å². The summed E-state index contributed by atoms with van der Waals surface area (Å²) in [6.45, 7) is 0.361. The molecule has 23 heavy (non-hydrogen) atoms. The molecule has 1 aromatic heterocycles. The highest BCUT2D eigenvalue weighted by atomic mass is 16.6. The molecule has 0 amide bonds. The number of hydrogen-bond acceptors (Lipinski definition) is 6. The molecule has 2 aromatic rings. The Kier molecular flexibility index (Phi) is 5.40. The second-order valence-electron chi connectivity index (χ2n) is 4.53. The van der Waals surface area contributed by atoms with Crippen LogP contribution in [-0.4, -0.2) is 29.5 Å².